The third kappa shape index (κ3) is 2.43. The molecule has 0 fully saturated rings. The van der Waals surface area contributed by atoms with Gasteiger partial charge in [0.2, 0.25) is 0 Å². The molecule has 0 aliphatic carbocycles. The van der Waals surface area contributed by atoms with Crippen LogP contribution in [0.1, 0.15) is 12.0 Å². The lowest BCUT2D eigenvalue weighted by atomic mass is 10.0. The fourth-order valence-electron chi connectivity index (χ4n) is 1.71. The minimum Gasteiger partial charge on any atom is -0.489 e. The molecule has 1 aromatic rings. The van der Waals surface area contributed by atoms with Gasteiger partial charge in [0.15, 0.2) is 0 Å². The molecule has 88 valence electrons. The van der Waals surface area contributed by atoms with Crippen LogP contribution in [0.15, 0.2) is 18.2 Å². The second kappa shape index (κ2) is 5.14. The van der Waals surface area contributed by atoms with Crippen molar-refractivity contribution >= 4 is 18.1 Å². The highest BCUT2D eigenvalue weighted by Crippen LogP contribution is 2.30. The van der Waals surface area contributed by atoms with Crippen LogP contribution in [0.3, 0.4) is 0 Å². The van der Waals surface area contributed by atoms with Crippen molar-refractivity contribution in [2.75, 3.05) is 6.54 Å². The van der Waals surface area contributed by atoms with Crippen molar-refractivity contribution in [3.05, 3.63) is 33.9 Å². The second-order valence-corrected chi connectivity index (χ2v) is 3.56. The van der Waals surface area contributed by atoms with Crippen LogP contribution in [0.4, 0.5) is 5.69 Å². The summed E-state index contributed by atoms with van der Waals surface area (Å²) in [5.41, 5.74) is 6.52. The van der Waals surface area contributed by atoms with Crippen LogP contribution in [0, 0.1) is 10.1 Å². The average Bonchev–Trinajstić information content (AvgIpc) is 2.27. The maximum atomic E-state index is 10.6. The number of non-ortho nitro benzene ring substituents is 1. The van der Waals surface area contributed by atoms with Gasteiger partial charge in [-0.2, -0.15) is 0 Å². The highest BCUT2D eigenvalue weighted by atomic mass is 35.5. The van der Waals surface area contributed by atoms with Crippen LogP contribution in [0.5, 0.6) is 5.75 Å². The largest absolute Gasteiger partial charge is 0.489 e. The lowest BCUT2D eigenvalue weighted by molar-refractivity contribution is -0.385. The molecule has 2 N–H and O–H groups in total. The van der Waals surface area contributed by atoms with Crippen molar-refractivity contribution in [2.24, 2.45) is 5.73 Å². The number of fused-ring (bicyclic) bond motifs is 1. The molecule has 0 aromatic heterocycles. The van der Waals surface area contributed by atoms with Gasteiger partial charge < -0.3 is 10.5 Å². The van der Waals surface area contributed by atoms with Crippen LogP contribution in [-0.2, 0) is 6.42 Å². The molecule has 2 rings (SSSR count). The Kier molecular flexibility index (Phi) is 4.09. The molecule has 16 heavy (non-hydrogen) atoms. The molecule has 0 spiro atoms. The van der Waals surface area contributed by atoms with Crippen LogP contribution in [0.25, 0.3) is 0 Å². The molecular weight excluding hydrogens is 232 g/mol. The maximum absolute atomic E-state index is 10.6. The summed E-state index contributed by atoms with van der Waals surface area (Å²) in [6, 6.07) is 4.68. The van der Waals surface area contributed by atoms with Crippen molar-refractivity contribution < 1.29 is 9.66 Å². The quantitative estimate of drug-likeness (QED) is 0.634. The molecule has 1 heterocycles. The van der Waals surface area contributed by atoms with Crippen molar-refractivity contribution in [3.8, 4) is 5.75 Å². The van der Waals surface area contributed by atoms with Gasteiger partial charge in [-0.25, -0.2) is 0 Å². The predicted molar refractivity (Wildman–Crippen MR) is 62.1 cm³/mol. The molecule has 1 aliphatic heterocycles. The lowest BCUT2D eigenvalue weighted by Crippen LogP contribution is -2.30. The number of nitrogens with two attached hydrogens (primary N) is 1. The fraction of sp³-hybridized carbons (Fsp3) is 0.400. The Labute approximate surface area is 99.1 Å². The van der Waals surface area contributed by atoms with E-state index in [4.69, 9.17) is 10.5 Å². The maximum Gasteiger partial charge on any atom is 0.269 e. The lowest BCUT2D eigenvalue weighted by Gasteiger charge is -2.24. The Morgan fingerprint density at radius 3 is 2.94 bits per heavy atom. The molecule has 1 atom stereocenters. The van der Waals surface area contributed by atoms with Gasteiger partial charge in [-0.15, -0.1) is 12.4 Å². The summed E-state index contributed by atoms with van der Waals surface area (Å²) >= 11 is 0. The fourth-order valence-corrected chi connectivity index (χ4v) is 1.71. The summed E-state index contributed by atoms with van der Waals surface area (Å²) in [4.78, 5) is 10.2. The molecule has 5 nitrogen and oxygen atoms in total. The molecule has 6 heteroatoms. The third-order valence-electron chi connectivity index (χ3n) is 2.55. The molecule has 0 saturated heterocycles. The summed E-state index contributed by atoms with van der Waals surface area (Å²) in [5.74, 6) is 0.724. The van der Waals surface area contributed by atoms with Crippen LogP contribution in [-0.4, -0.2) is 17.6 Å². The normalized spacial score (nSPS) is 17.9. The van der Waals surface area contributed by atoms with Crippen LogP contribution < -0.4 is 10.5 Å². The number of hydrogen-bond donors (Lipinski definition) is 1. The summed E-state index contributed by atoms with van der Waals surface area (Å²) in [6.07, 6.45) is 1.66. The van der Waals surface area contributed by atoms with E-state index < -0.39 is 4.92 Å². The van der Waals surface area contributed by atoms with E-state index in [1.54, 1.807) is 12.1 Å². The molecule has 0 saturated carbocycles. The minimum absolute atomic E-state index is 0. The van der Waals surface area contributed by atoms with Crippen molar-refractivity contribution in [3.63, 3.8) is 0 Å². The first kappa shape index (κ1) is 12.7. The van der Waals surface area contributed by atoms with Gasteiger partial charge in [-0.1, -0.05) is 0 Å². The van der Waals surface area contributed by atoms with Gasteiger partial charge in [-0.3, -0.25) is 10.1 Å². The zero-order valence-electron chi connectivity index (χ0n) is 8.59. The number of ether oxygens (including phenoxy) is 1. The van der Waals surface area contributed by atoms with Gasteiger partial charge >= 0.3 is 0 Å². The highest BCUT2D eigenvalue weighted by Gasteiger charge is 2.20. The minimum atomic E-state index is -0.394. The summed E-state index contributed by atoms with van der Waals surface area (Å²) < 4.78 is 5.57. The third-order valence-corrected chi connectivity index (χ3v) is 2.55. The van der Waals surface area contributed by atoms with E-state index in [9.17, 15) is 10.1 Å². The molecule has 0 radical (unpaired) electrons. The van der Waals surface area contributed by atoms with Gasteiger partial charge in [-0.05, 0) is 18.9 Å². The number of hydrogen-bond acceptors (Lipinski definition) is 4. The molecule has 1 aliphatic rings. The molecular formula is C10H13ClN2O3. The number of rotatable bonds is 2. The zero-order valence-corrected chi connectivity index (χ0v) is 9.40. The number of nitro groups is 1. The Balaban J connectivity index is 0.00000128. The van der Waals surface area contributed by atoms with E-state index in [1.165, 1.54) is 6.07 Å². The summed E-state index contributed by atoms with van der Waals surface area (Å²) in [6.45, 7) is 0.483. The van der Waals surface area contributed by atoms with Crippen LogP contribution >= 0.6 is 12.4 Å². The van der Waals surface area contributed by atoms with Crippen molar-refractivity contribution in [1.29, 1.82) is 0 Å². The number of aryl methyl sites for hydroxylation is 1. The van der Waals surface area contributed by atoms with Crippen LogP contribution in [0.2, 0.25) is 0 Å². The zero-order chi connectivity index (χ0) is 10.8. The first-order valence-corrected chi connectivity index (χ1v) is 4.84. The van der Waals surface area contributed by atoms with Gasteiger partial charge in [0, 0.05) is 24.2 Å². The number of nitrogens with zero attached hydrogens (tertiary/aromatic N) is 1. The summed E-state index contributed by atoms with van der Waals surface area (Å²) in [7, 11) is 0. The SMILES string of the molecule is Cl.NCC1CCc2cc([N+](=O)[O-])ccc2O1. The van der Waals surface area contributed by atoms with Gasteiger partial charge in [0.25, 0.3) is 5.69 Å². The first-order valence-electron chi connectivity index (χ1n) is 4.84. The van der Waals surface area contributed by atoms with Crippen molar-refractivity contribution in [2.45, 2.75) is 18.9 Å². The molecule has 0 bridgehead atoms. The average molecular weight is 245 g/mol. The predicted octanol–water partition coefficient (Wildman–Crippen LogP) is 1.67. The van der Waals surface area contributed by atoms with E-state index in [-0.39, 0.29) is 24.2 Å². The number of benzene rings is 1. The van der Waals surface area contributed by atoms with E-state index in [0.29, 0.717) is 6.54 Å². The number of nitro benzene ring substituents is 1. The number of halogens is 1. The molecule has 0 amide bonds. The second-order valence-electron chi connectivity index (χ2n) is 3.56. The summed E-state index contributed by atoms with van der Waals surface area (Å²) in [5, 5.41) is 10.6. The smallest absolute Gasteiger partial charge is 0.269 e. The first-order chi connectivity index (χ1) is 7.20. The van der Waals surface area contributed by atoms with E-state index in [0.717, 1.165) is 24.2 Å². The Morgan fingerprint density at radius 2 is 2.31 bits per heavy atom. The van der Waals surface area contributed by atoms with Gasteiger partial charge in [0.05, 0.1) is 4.92 Å². The van der Waals surface area contributed by atoms with E-state index in [1.807, 2.05) is 0 Å². The van der Waals surface area contributed by atoms with Crippen molar-refractivity contribution in [1.82, 2.24) is 0 Å². The molecule has 1 aromatic carbocycles. The van der Waals surface area contributed by atoms with E-state index in [2.05, 4.69) is 0 Å². The van der Waals surface area contributed by atoms with Gasteiger partial charge in [0.1, 0.15) is 11.9 Å². The monoisotopic (exact) mass is 244 g/mol. The Hall–Kier alpha value is -1.33. The standard InChI is InChI=1S/C10H12N2O3.ClH/c11-6-9-3-1-7-5-8(12(13)14)2-4-10(7)15-9;/h2,4-5,9H,1,3,6,11H2;1H. The molecule has 1 unspecified atom stereocenters. The topological polar surface area (TPSA) is 78.4 Å². The Bertz CT molecular complexity index is 398. The van der Waals surface area contributed by atoms with E-state index >= 15 is 0 Å². The highest BCUT2D eigenvalue weighted by molar-refractivity contribution is 5.85. The Morgan fingerprint density at radius 1 is 1.56 bits per heavy atom.